The van der Waals surface area contributed by atoms with Crippen LogP contribution in [0.25, 0.3) is 0 Å². The number of amides is 2. The Kier molecular flexibility index (Phi) is 21.3. The molecule has 0 fully saturated rings. The molecule has 204 valence electrons. The number of carbonyl (C=O) groups excluding carboxylic acids is 2. The van der Waals surface area contributed by atoms with Crippen LogP contribution in [0.1, 0.15) is 149 Å². The molecule has 1 atom stereocenters. The van der Waals surface area contributed by atoms with E-state index in [0.29, 0.717) is 12.8 Å². The molecule has 0 radical (unpaired) electrons. The molecule has 2 N–H and O–H groups in total. The molecular weight excluding hydrogens is 446 g/mol. The van der Waals surface area contributed by atoms with Crippen LogP contribution in [0.4, 0.5) is 0 Å². The third-order valence-corrected chi connectivity index (χ3v) is 6.49. The molecule has 0 unspecified atom stereocenters. The van der Waals surface area contributed by atoms with Crippen LogP contribution < -0.4 is 0 Å². The van der Waals surface area contributed by atoms with Gasteiger partial charge in [-0.05, 0) is 12.8 Å². The van der Waals surface area contributed by atoms with E-state index in [2.05, 4.69) is 13.8 Å². The molecule has 7 heteroatoms. The number of hydrogen-bond donors (Lipinski definition) is 2. The van der Waals surface area contributed by atoms with E-state index in [1.165, 1.54) is 64.2 Å². The molecule has 0 aromatic rings. The number of carboxylic acid groups (broad SMARTS) is 2. The summed E-state index contributed by atoms with van der Waals surface area (Å²) in [6.45, 7) is 4.37. The molecule has 0 saturated carbocycles. The molecule has 0 aliphatic carbocycles. The van der Waals surface area contributed by atoms with Gasteiger partial charge in [0.25, 0.3) is 0 Å². The van der Waals surface area contributed by atoms with Gasteiger partial charge in [-0.1, -0.05) is 117 Å². The van der Waals surface area contributed by atoms with Gasteiger partial charge in [0, 0.05) is 12.8 Å². The SMILES string of the molecule is CCCCCCCCCCCC(=O)N(C(=O)CCCCCCCCCCC)[C@@H](CC(=O)O)C(=O)O. The Morgan fingerprint density at radius 3 is 1.14 bits per heavy atom. The predicted molar refractivity (Wildman–Crippen MR) is 139 cm³/mol. The highest BCUT2D eigenvalue weighted by molar-refractivity contribution is 6.00. The van der Waals surface area contributed by atoms with Gasteiger partial charge in [-0.25, -0.2) is 4.79 Å². The van der Waals surface area contributed by atoms with E-state index in [1.807, 2.05) is 0 Å². The van der Waals surface area contributed by atoms with Crippen LogP contribution in [-0.2, 0) is 19.2 Å². The molecule has 0 spiro atoms. The van der Waals surface area contributed by atoms with Crippen LogP contribution in [0, 0.1) is 0 Å². The first-order chi connectivity index (χ1) is 16.8. The summed E-state index contributed by atoms with van der Waals surface area (Å²) in [4.78, 5) is 49.3. The van der Waals surface area contributed by atoms with Crippen LogP contribution in [0.15, 0.2) is 0 Å². The summed E-state index contributed by atoms with van der Waals surface area (Å²) in [6, 6.07) is -1.65. The smallest absolute Gasteiger partial charge is 0.327 e. The molecule has 0 saturated heterocycles. The molecule has 2 amide bonds. The average molecular weight is 498 g/mol. The van der Waals surface area contributed by atoms with Gasteiger partial charge in [0.1, 0.15) is 6.04 Å². The van der Waals surface area contributed by atoms with Crippen molar-refractivity contribution in [1.82, 2.24) is 4.90 Å². The zero-order valence-corrected chi connectivity index (χ0v) is 22.4. The summed E-state index contributed by atoms with van der Waals surface area (Å²) in [5.74, 6) is -3.92. The van der Waals surface area contributed by atoms with Crippen LogP contribution in [-0.4, -0.2) is 44.9 Å². The lowest BCUT2D eigenvalue weighted by molar-refractivity contribution is -0.160. The second kappa shape index (κ2) is 22.5. The van der Waals surface area contributed by atoms with Gasteiger partial charge in [-0.3, -0.25) is 19.3 Å². The van der Waals surface area contributed by atoms with Crippen molar-refractivity contribution in [1.29, 1.82) is 0 Å². The summed E-state index contributed by atoms with van der Waals surface area (Å²) < 4.78 is 0. The van der Waals surface area contributed by atoms with Crippen molar-refractivity contribution in [3.63, 3.8) is 0 Å². The molecule has 0 bridgehead atoms. The van der Waals surface area contributed by atoms with E-state index in [9.17, 15) is 24.3 Å². The Morgan fingerprint density at radius 2 is 0.857 bits per heavy atom. The van der Waals surface area contributed by atoms with Crippen LogP contribution in [0.2, 0.25) is 0 Å². The highest BCUT2D eigenvalue weighted by Gasteiger charge is 2.35. The Hall–Kier alpha value is -1.92. The summed E-state index contributed by atoms with van der Waals surface area (Å²) >= 11 is 0. The van der Waals surface area contributed by atoms with Gasteiger partial charge in [-0.2, -0.15) is 0 Å². The average Bonchev–Trinajstić information content (AvgIpc) is 2.81. The third-order valence-electron chi connectivity index (χ3n) is 6.49. The van der Waals surface area contributed by atoms with Crippen molar-refractivity contribution >= 4 is 23.8 Å². The zero-order chi connectivity index (χ0) is 26.3. The van der Waals surface area contributed by atoms with Crippen LogP contribution in [0.3, 0.4) is 0 Å². The predicted octanol–water partition coefficient (Wildman–Crippen LogP) is 7.11. The summed E-state index contributed by atoms with van der Waals surface area (Å²) in [7, 11) is 0. The fourth-order valence-corrected chi connectivity index (χ4v) is 4.36. The van der Waals surface area contributed by atoms with Crippen molar-refractivity contribution < 1.29 is 29.4 Å². The van der Waals surface area contributed by atoms with Gasteiger partial charge in [0.2, 0.25) is 11.8 Å². The summed E-state index contributed by atoms with van der Waals surface area (Å²) in [5.41, 5.74) is 0. The summed E-state index contributed by atoms with van der Waals surface area (Å²) in [5, 5.41) is 18.7. The second-order valence-corrected chi connectivity index (χ2v) is 9.77. The van der Waals surface area contributed by atoms with Gasteiger partial charge in [0.15, 0.2) is 0 Å². The lowest BCUT2D eigenvalue weighted by Crippen LogP contribution is -2.49. The topological polar surface area (TPSA) is 112 Å². The highest BCUT2D eigenvalue weighted by Crippen LogP contribution is 2.17. The lowest BCUT2D eigenvalue weighted by atomic mass is 10.0. The maximum absolute atomic E-state index is 12.8. The first-order valence-electron chi connectivity index (χ1n) is 14.1. The molecule has 7 nitrogen and oxygen atoms in total. The molecule has 0 heterocycles. The number of unbranched alkanes of at least 4 members (excludes halogenated alkanes) is 16. The fraction of sp³-hybridized carbons (Fsp3) is 0.857. The number of nitrogens with zero attached hydrogens (tertiary/aromatic N) is 1. The van der Waals surface area contributed by atoms with Gasteiger partial charge < -0.3 is 10.2 Å². The number of imide groups is 1. The second-order valence-electron chi connectivity index (χ2n) is 9.77. The van der Waals surface area contributed by atoms with Crippen molar-refractivity contribution in [2.24, 2.45) is 0 Å². The monoisotopic (exact) mass is 497 g/mol. The molecule has 0 rings (SSSR count). The fourth-order valence-electron chi connectivity index (χ4n) is 4.36. The minimum absolute atomic E-state index is 0.0722. The number of carboxylic acids is 2. The van der Waals surface area contributed by atoms with Crippen LogP contribution in [0.5, 0.6) is 0 Å². The molecular formula is C28H51NO6. The standard InChI is InChI=1S/C28H51NO6/c1-3-5-7-9-11-13-15-17-19-21-25(30)29(24(28(34)35)23-27(32)33)26(31)22-20-18-16-14-12-10-8-6-4-2/h24H,3-23H2,1-2H3,(H,32,33)(H,34,35)/t24-/m0/s1. The molecule has 0 aliphatic rings. The van der Waals surface area contributed by atoms with E-state index in [0.717, 1.165) is 43.4 Å². The van der Waals surface area contributed by atoms with E-state index in [-0.39, 0.29) is 12.8 Å². The molecule has 0 aliphatic heterocycles. The van der Waals surface area contributed by atoms with E-state index in [4.69, 9.17) is 5.11 Å². The molecule has 35 heavy (non-hydrogen) atoms. The minimum Gasteiger partial charge on any atom is -0.481 e. The number of rotatable bonds is 24. The summed E-state index contributed by atoms with van der Waals surface area (Å²) in [6.07, 6.45) is 18.7. The molecule has 0 aromatic carbocycles. The normalized spacial score (nSPS) is 11.8. The Balaban J connectivity index is 4.59. The van der Waals surface area contributed by atoms with Gasteiger partial charge in [0.05, 0.1) is 6.42 Å². The first-order valence-corrected chi connectivity index (χ1v) is 14.1. The van der Waals surface area contributed by atoms with Crippen LogP contribution >= 0.6 is 0 Å². The lowest BCUT2D eigenvalue weighted by Gasteiger charge is -2.26. The third kappa shape index (κ3) is 18.1. The number of aliphatic carboxylic acids is 2. The Labute approximate surface area is 213 Å². The van der Waals surface area contributed by atoms with E-state index < -0.39 is 36.2 Å². The minimum atomic E-state index is -1.65. The van der Waals surface area contributed by atoms with E-state index in [1.54, 1.807) is 0 Å². The maximum Gasteiger partial charge on any atom is 0.327 e. The maximum atomic E-state index is 12.8. The van der Waals surface area contributed by atoms with Crippen molar-refractivity contribution in [3.05, 3.63) is 0 Å². The quantitative estimate of drug-likeness (QED) is 0.137. The zero-order valence-electron chi connectivity index (χ0n) is 22.4. The Bertz CT molecular complexity index is 558. The van der Waals surface area contributed by atoms with Crippen molar-refractivity contribution in [3.8, 4) is 0 Å². The highest BCUT2D eigenvalue weighted by atomic mass is 16.4. The van der Waals surface area contributed by atoms with Gasteiger partial charge >= 0.3 is 11.9 Å². The first kappa shape index (κ1) is 33.1. The van der Waals surface area contributed by atoms with Crippen molar-refractivity contribution in [2.75, 3.05) is 0 Å². The number of carbonyl (C=O) groups is 4. The largest absolute Gasteiger partial charge is 0.481 e. The number of hydrogen-bond acceptors (Lipinski definition) is 4. The van der Waals surface area contributed by atoms with Gasteiger partial charge in [-0.15, -0.1) is 0 Å². The van der Waals surface area contributed by atoms with E-state index >= 15 is 0 Å². The Morgan fingerprint density at radius 1 is 0.543 bits per heavy atom. The van der Waals surface area contributed by atoms with Crippen molar-refractivity contribution in [2.45, 2.75) is 155 Å². The molecule has 0 aromatic heterocycles.